The molecule has 1 saturated heterocycles. The molecule has 3 aliphatic rings. The molecule has 236 valence electrons. The summed E-state index contributed by atoms with van der Waals surface area (Å²) in [5.41, 5.74) is 3.54. The van der Waals surface area contributed by atoms with Gasteiger partial charge in [0.2, 0.25) is 17.2 Å². The fourth-order valence-corrected chi connectivity index (χ4v) is 6.59. The lowest BCUT2D eigenvalue weighted by molar-refractivity contribution is -0.129. The topological polar surface area (TPSA) is 95.0 Å². The van der Waals surface area contributed by atoms with Crippen LogP contribution in [-0.2, 0) is 22.6 Å². The highest BCUT2D eigenvalue weighted by Crippen LogP contribution is 2.38. The minimum absolute atomic E-state index is 0.00590. The van der Waals surface area contributed by atoms with Gasteiger partial charge < -0.3 is 24.6 Å². The summed E-state index contributed by atoms with van der Waals surface area (Å²) in [5.74, 6) is -1.09. The molecule has 2 aliphatic heterocycles. The maximum Gasteiger partial charge on any atom is 0.261 e. The van der Waals surface area contributed by atoms with E-state index in [2.05, 4.69) is 5.32 Å². The van der Waals surface area contributed by atoms with Crippen molar-refractivity contribution < 1.29 is 18.8 Å². The number of amides is 3. The molecule has 3 heterocycles. The molecule has 1 aromatic heterocycles. The van der Waals surface area contributed by atoms with Crippen LogP contribution in [0.1, 0.15) is 53.7 Å². The number of carbonyl (C=O) groups is 3. The van der Waals surface area contributed by atoms with Crippen LogP contribution in [0.15, 0.2) is 65.6 Å². The quantitative estimate of drug-likeness (QED) is 0.299. The van der Waals surface area contributed by atoms with E-state index in [0.717, 1.165) is 29.7 Å². The Morgan fingerprint density at radius 2 is 1.67 bits per heavy atom. The van der Waals surface area contributed by atoms with E-state index in [-0.39, 0.29) is 28.8 Å². The van der Waals surface area contributed by atoms with E-state index >= 15 is 4.39 Å². The number of benzene rings is 3. The van der Waals surface area contributed by atoms with Gasteiger partial charge in [-0.1, -0.05) is 23.7 Å². The van der Waals surface area contributed by atoms with E-state index < -0.39 is 17.2 Å². The number of piperazine rings is 1. The normalized spacial score (nSPS) is 16.5. The summed E-state index contributed by atoms with van der Waals surface area (Å²) in [6.07, 6.45) is 4.27. The molecule has 0 atom stereocenters. The average molecular weight is 642 g/mol. The van der Waals surface area contributed by atoms with Gasteiger partial charge in [0.05, 0.1) is 17.7 Å². The van der Waals surface area contributed by atoms with Crippen molar-refractivity contribution in [1.82, 2.24) is 9.47 Å². The number of hydrogen-bond acceptors (Lipinski definition) is 5. The molecule has 0 spiro atoms. The second-order valence-corrected chi connectivity index (χ2v) is 12.7. The first-order chi connectivity index (χ1) is 22.2. The van der Waals surface area contributed by atoms with Crippen LogP contribution in [0.25, 0.3) is 10.9 Å². The number of fused-ring (bicyclic) bond motifs is 2. The van der Waals surface area contributed by atoms with Gasteiger partial charge in [0.1, 0.15) is 11.4 Å². The molecule has 11 heteroatoms. The lowest BCUT2D eigenvalue weighted by Crippen LogP contribution is -2.48. The van der Waals surface area contributed by atoms with Crippen LogP contribution in [-0.4, -0.2) is 53.4 Å². The lowest BCUT2D eigenvalue weighted by Gasteiger charge is -2.36. The van der Waals surface area contributed by atoms with Crippen molar-refractivity contribution >= 4 is 57.3 Å². The van der Waals surface area contributed by atoms with E-state index in [0.29, 0.717) is 67.5 Å². The summed E-state index contributed by atoms with van der Waals surface area (Å²) in [7, 11) is 0. The highest BCUT2D eigenvalue weighted by molar-refractivity contribution is 6.30. The number of carbonyl (C=O) groups excluding carboxylic acids is 3. The van der Waals surface area contributed by atoms with Crippen molar-refractivity contribution in [2.24, 2.45) is 0 Å². The predicted molar refractivity (Wildman–Crippen MR) is 176 cm³/mol. The molecule has 7 rings (SSSR count). The SMILES string of the molecule is CC(=O)N1CCN(c2cc3c(cc2F)c(=O)c(C(=O)Nc2ccc4c(c2)CCC(=O)N4Cc2ccc(Cl)cc2)cn3C2CC2)CC1. The molecule has 2 fully saturated rings. The van der Waals surface area contributed by atoms with Crippen LogP contribution in [0.2, 0.25) is 5.02 Å². The second-order valence-electron chi connectivity index (χ2n) is 12.2. The number of aryl methyl sites for hydroxylation is 1. The van der Waals surface area contributed by atoms with E-state index in [1.165, 1.54) is 13.0 Å². The largest absolute Gasteiger partial charge is 0.366 e. The van der Waals surface area contributed by atoms with E-state index in [1.807, 2.05) is 33.7 Å². The van der Waals surface area contributed by atoms with Crippen molar-refractivity contribution in [3.05, 3.63) is 98.5 Å². The van der Waals surface area contributed by atoms with E-state index in [1.54, 1.807) is 40.3 Å². The molecule has 3 amide bonds. The molecule has 0 bridgehead atoms. The van der Waals surface area contributed by atoms with Gasteiger partial charge in [-0.3, -0.25) is 19.2 Å². The molecule has 1 aliphatic carbocycles. The standard InChI is InChI=1S/C35H33ClFN5O4/c1-21(43)39-12-14-40(15-13-39)32-18-31-27(17-29(32)37)34(45)28(20-41(31)26-8-9-26)35(46)38-25-7-10-30-23(16-25)4-11-33(44)42(30)19-22-2-5-24(36)6-3-22/h2-3,5-7,10,16-18,20,26H,4,8-9,11-15,19H2,1H3,(H,38,46). The minimum Gasteiger partial charge on any atom is -0.366 e. The summed E-state index contributed by atoms with van der Waals surface area (Å²) in [5, 5.41) is 3.65. The molecule has 1 N–H and O–H groups in total. The number of aromatic nitrogens is 1. The Morgan fingerprint density at radius 1 is 0.935 bits per heavy atom. The van der Waals surface area contributed by atoms with Crippen LogP contribution in [0.4, 0.5) is 21.5 Å². The zero-order valence-corrected chi connectivity index (χ0v) is 26.1. The summed E-state index contributed by atoms with van der Waals surface area (Å²) in [6.45, 7) is 3.91. The molecule has 0 unspecified atom stereocenters. The molecule has 4 aromatic rings. The molecule has 0 radical (unpaired) electrons. The third-order valence-corrected chi connectivity index (χ3v) is 9.39. The first kappa shape index (κ1) is 30.0. The number of pyridine rings is 1. The Labute approximate surface area is 270 Å². The molecule has 3 aromatic carbocycles. The van der Waals surface area contributed by atoms with Crippen molar-refractivity contribution in [2.75, 3.05) is 41.3 Å². The molecular weight excluding hydrogens is 609 g/mol. The Morgan fingerprint density at radius 3 is 2.37 bits per heavy atom. The van der Waals surface area contributed by atoms with Crippen LogP contribution in [0, 0.1) is 5.82 Å². The fraction of sp³-hybridized carbons (Fsp3) is 0.314. The number of halogens is 2. The first-order valence-electron chi connectivity index (χ1n) is 15.5. The molecular formula is C35H33ClFN5O4. The highest BCUT2D eigenvalue weighted by atomic mass is 35.5. The van der Waals surface area contributed by atoms with Crippen LogP contribution >= 0.6 is 11.6 Å². The highest BCUT2D eigenvalue weighted by Gasteiger charge is 2.30. The molecule has 9 nitrogen and oxygen atoms in total. The zero-order valence-electron chi connectivity index (χ0n) is 25.4. The first-order valence-corrected chi connectivity index (χ1v) is 15.9. The number of nitrogens with zero attached hydrogens (tertiary/aromatic N) is 4. The third-order valence-electron chi connectivity index (χ3n) is 9.14. The van der Waals surface area contributed by atoms with Gasteiger partial charge in [0, 0.05) is 73.5 Å². The van der Waals surface area contributed by atoms with Crippen molar-refractivity contribution in [3.8, 4) is 0 Å². The number of nitrogens with one attached hydrogen (secondary N) is 1. The summed E-state index contributed by atoms with van der Waals surface area (Å²) in [6, 6.07) is 15.8. The second kappa shape index (κ2) is 11.9. The zero-order chi connectivity index (χ0) is 32.1. The van der Waals surface area contributed by atoms with Gasteiger partial charge in [0.15, 0.2) is 0 Å². The van der Waals surface area contributed by atoms with Crippen molar-refractivity contribution in [1.29, 1.82) is 0 Å². The monoisotopic (exact) mass is 641 g/mol. The van der Waals surface area contributed by atoms with Crippen molar-refractivity contribution in [2.45, 2.75) is 45.2 Å². The van der Waals surface area contributed by atoms with E-state index in [4.69, 9.17) is 11.6 Å². The van der Waals surface area contributed by atoms with Gasteiger partial charge in [-0.05, 0) is 72.9 Å². The van der Waals surface area contributed by atoms with Gasteiger partial charge in [-0.25, -0.2) is 4.39 Å². The Balaban J connectivity index is 1.16. The smallest absolute Gasteiger partial charge is 0.261 e. The van der Waals surface area contributed by atoms with Gasteiger partial charge in [-0.2, -0.15) is 0 Å². The maximum atomic E-state index is 15.5. The van der Waals surface area contributed by atoms with Gasteiger partial charge in [-0.15, -0.1) is 0 Å². The number of hydrogen-bond donors (Lipinski definition) is 1. The van der Waals surface area contributed by atoms with Crippen molar-refractivity contribution in [3.63, 3.8) is 0 Å². The number of anilines is 3. The summed E-state index contributed by atoms with van der Waals surface area (Å²) < 4.78 is 17.5. The Kier molecular flexibility index (Phi) is 7.76. The fourth-order valence-electron chi connectivity index (χ4n) is 6.46. The lowest BCUT2D eigenvalue weighted by atomic mass is 9.99. The third kappa shape index (κ3) is 5.73. The Hall–Kier alpha value is -4.70. The summed E-state index contributed by atoms with van der Waals surface area (Å²) in [4.78, 5) is 57.2. The average Bonchev–Trinajstić information content (AvgIpc) is 3.89. The Bertz CT molecular complexity index is 1950. The van der Waals surface area contributed by atoms with Crippen LogP contribution < -0.4 is 20.5 Å². The van der Waals surface area contributed by atoms with Crippen LogP contribution in [0.5, 0.6) is 0 Å². The number of rotatable bonds is 6. The molecule has 1 saturated carbocycles. The maximum absolute atomic E-state index is 15.5. The van der Waals surface area contributed by atoms with Gasteiger partial charge >= 0.3 is 0 Å². The summed E-state index contributed by atoms with van der Waals surface area (Å²) >= 11 is 6.02. The van der Waals surface area contributed by atoms with Gasteiger partial charge in [0.25, 0.3) is 5.91 Å². The minimum atomic E-state index is -0.573. The molecule has 46 heavy (non-hydrogen) atoms. The van der Waals surface area contributed by atoms with Crippen LogP contribution in [0.3, 0.4) is 0 Å². The van der Waals surface area contributed by atoms with E-state index in [9.17, 15) is 19.2 Å². The predicted octanol–water partition coefficient (Wildman–Crippen LogP) is 5.53.